The molecule has 178 valence electrons. The van der Waals surface area contributed by atoms with Crippen LogP contribution in [0.3, 0.4) is 0 Å². The Morgan fingerprint density at radius 2 is 1.85 bits per heavy atom. The molecule has 3 aliphatic rings. The van der Waals surface area contributed by atoms with Crippen LogP contribution in [0.15, 0.2) is 54.3 Å². The molecule has 0 spiro atoms. The maximum absolute atomic E-state index is 5.65. The Hall–Kier alpha value is -2.06. The van der Waals surface area contributed by atoms with E-state index in [4.69, 9.17) is 5.73 Å². The molecule has 0 radical (unpaired) electrons. The molecule has 4 rings (SSSR count). The fourth-order valence-corrected chi connectivity index (χ4v) is 6.50. The van der Waals surface area contributed by atoms with E-state index in [0.29, 0.717) is 12.0 Å². The first-order valence-electron chi connectivity index (χ1n) is 13.2. The smallest absolute Gasteiger partial charge is 0.0491 e. The number of benzene rings is 1. The van der Waals surface area contributed by atoms with Gasteiger partial charge in [-0.25, -0.2) is 0 Å². The van der Waals surface area contributed by atoms with Gasteiger partial charge in [-0.15, -0.1) is 0 Å². The number of hydrogen-bond acceptors (Lipinski definition) is 2. The Bertz CT molecular complexity index is 990. The van der Waals surface area contributed by atoms with Gasteiger partial charge in [0.1, 0.15) is 0 Å². The number of fused-ring (bicyclic) bond motifs is 6. The van der Waals surface area contributed by atoms with Gasteiger partial charge in [0.05, 0.1) is 0 Å². The van der Waals surface area contributed by atoms with Crippen molar-refractivity contribution in [3.63, 3.8) is 0 Å². The molecule has 0 aromatic heterocycles. The lowest BCUT2D eigenvalue weighted by molar-refractivity contribution is 0.195. The van der Waals surface area contributed by atoms with Crippen LogP contribution in [0.4, 0.5) is 0 Å². The molecule has 33 heavy (non-hydrogen) atoms. The number of nitrogens with two attached hydrogens (primary N) is 1. The molecule has 2 heterocycles. The first-order valence-corrected chi connectivity index (χ1v) is 13.2. The number of hydrogen-bond donors (Lipinski definition) is 1. The Labute approximate surface area is 202 Å². The minimum atomic E-state index is 0.281. The lowest BCUT2D eigenvalue weighted by Gasteiger charge is -2.48. The van der Waals surface area contributed by atoms with Crippen molar-refractivity contribution in [2.45, 2.75) is 97.4 Å². The van der Waals surface area contributed by atoms with E-state index >= 15 is 0 Å². The number of allylic oxidation sites excluding steroid dienone is 4. The highest BCUT2D eigenvalue weighted by molar-refractivity contribution is 5.78. The molecule has 0 amide bonds. The third-order valence-corrected chi connectivity index (χ3v) is 8.32. The van der Waals surface area contributed by atoms with E-state index in [1.54, 1.807) is 11.1 Å². The summed E-state index contributed by atoms with van der Waals surface area (Å²) in [5.74, 6) is 0.593. The van der Waals surface area contributed by atoms with Gasteiger partial charge in [0.2, 0.25) is 0 Å². The zero-order chi connectivity index (χ0) is 23.8. The number of aryl methyl sites for hydroxylation is 2. The summed E-state index contributed by atoms with van der Waals surface area (Å²) in [7, 11) is 0. The van der Waals surface area contributed by atoms with Crippen molar-refractivity contribution in [3.8, 4) is 0 Å². The van der Waals surface area contributed by atoms with Crippen molar-refractivity contribution in [2.24, 2.45) is 11.1 Å². The summed E-state index contributed by atoms with van der Waals surface area (Å²) >= 11 is 0. The van der Waals surface area contributed by atoms with E-state index in [-0.39, 0.29) is 5.41 Å². The SMILES string of the molecule is C=C(C)C1=CN2C(=CC1=C)c1cc(CC)c(CCCCCCCN)cc1C1CCC(C)(C)C12. The quantitative estimate of drug-likeness (QED) is 0.396. The molecule has 1 fully saturated rings. The van der Waals surface area contributed by atoms with Gasteiger partial charge >= 0.3 is 0 Å². The van der Waals surface area contributed by atoms with Crippen LogP contribution >= 0.6 is 0 Å². The van der Waals surface area contributed by atoms with E-state index in [0.717, 1.165) is 30.5 Å². The Kier molecular flexibility index (Phi) is 7.05. The molecule has 2 nitrogen and oxygen atoms in total. The number of rotatable bonds is 9. The van der Waals surface area contributed by atoms with Crippen molar-refractivity contribution in [3.05, 3.63) is 76.5 Å². The fraction of sp³-hybridized carbons (Fsp3) is 0.548. The molecule has 1 aliphatic carbocycles. The molecule has 0 bridgehead atoms. The minimum Gasteiger partial charge on any atom is -0.343 e. The zero-order valence-electron chi connectivity index (χ0n) is 21.5. The van der Waals surface area contributed by atoms with Crippen molar-refractivity contribution in [2.75, 3.05) is 6.54 Å². The number of nitrogens with zero attached hydrogens (tertiary/aromatic N) is 1. The Morgan fingerprint density at radius 3 is 2.55 bits per heavy atom. The summed E-state index contributed by atoms with van der Waals surface area (Å²) in [6.07, 6.45) is 15.9. The van der Waals surface area contributed by atoms with E-state index < -0.39 is 0 Å². The summed E-state index contributed by atoms with van der Waals surface area (Å²) in [5, 5.41) is 0. The van der Waals surface area contributed by atoms with Crippen LogP contribution in [0.2, 0.25) is 0 Å². The minimum absolute atomic E-state index is 0.281. The lowest BCUT2D eigenvalue weighted by atomic mass is 9.74. The number of unbranched alkanes of at least 4 members (excludes halogenated alkanes) is 4. The molecule has 2 atom stereocenters. The third-order valence-electron chi connectivity index (χ3n) is 8.32. The van der Waals surface area contributed by atoms with E-state index in [1.165, 1.54) is 67.3 Å². The van der Waals surface area contributed by atoms with Gasteiger partial charge in [-0.1, -0.05) is 59.3 Å². The third kappa shape index (κ3) is 4.52. The molecular weight excluding hydrogens is 400 g/mol. The first kappa shape index (κ1) is 24.1. The monoisotopic (exact) mass is 444 g/mol. The molecule has 2 heteroatoms. The van der Waals surface area contributed by atoms with Gasteiger partial charge in [0, 0.05) is 29.4 Å². The van der Waals surface area contributed by atoms with E-state index in [2.05, 4.69) is 70.2 Å². The van der Waals surface area contributed by atoms with Crippen molar-refractivity contribution >= 4 is 5.70 Å². The maximum atomic E-state index is 5.65. The van der Waals surface area contributed by atoms with Gasteiger partial charge in [-0.2, -0.15) is 0 Å². The van der Waals surface area contributed by atoms with Crippen LogP contribution in [0.5, 0.6) is 0 Å². The summed E-state index contributed by atoms with van der Waals surface area (Å²) in [4.78, 5) is 2.59. The molecule has 1 saturated carbocycles. The highest BCUT2D eigenvalue weighted by Crippen LogP contribution is 2.56. The second kappa shape index (κ2) is 9.66. The second-order valence-corrected chi connectivity index (χ2v) is 11.2. The van der Waals surface area contributed by atoms with Crippen molar-refractivity contribution in [1.82, 2.24) is 4.90 Å². The second-order valence-electron chi connectivity index (χ2n) is 11.2. The molecule has 1 aromatic carbocycles. The molecule has 0 saturated heterocycles. The molecule has 2 unspecified atom stereocenters. The largest absolute Gasteiger partial charge is 0.343 e. The molecule has 1 aromatic rings. The van der Waals surface area contributed by atoms with Crippen LogP contribution in [0.25, 0.3) is 5.70 Å². The van der Waals surface area contributed by atoms with Crippen molar-refractivity contribution in [1.29, 1.82) is 0 Å². The van der Waals surface area contributed by atoms with Gasteiger partial charge < -0.3 is 10.6 Å². The molecule has 2 N–H and O–H groups in total. The van der Waals surface area contributed by atoms with Gasteiger partial charge in [0.25, 0.3) is 0 Å². The molecule has 2 aliphatic heterocycles. The lowest BCUT2D eigenvalue weighted by Crippen LogP contribution is -2.45. The summed E-state index contributed by atoms with van der Waals surface area (Å²) < 4.78 is 0. The zero-order valence-corrected chi connectivity index (χ0v) is 21.5. The van der Waals surface area contributed by atoms with Crippen LogP contribution in [0.1, 0.15) is 101 Å². The topological polar surface area (TPSA) is 29.3 Å². The van der Waals surface area contributed by atoms with Crippen LogP contribution < -0.4 is 5.73 Å². The van der Waals surface area contributed by atoms with Crippen LogP contribution in [-0.2, 0) is 12.8 Å². The Balaban J connectivity index is 1.71. The highest BCUT2D eigenvalue weighted by atomic mass is 15.2. The molecular formula is C31H44N2. The van der Waals surface area contributed by atoms with Gasteiger partial charge in [-0.3, -0.25) is 0 Å². The maximum Gasteiger partial charge on any atom is 0.0491 e. The standard InChI is InChI=1S/C31H44N2/c1-7-23-18-27-26(19-24(23)13-11-9-8-10-12-16-32)25-14-15-31(5,6)30(25)33-20-28(21(2)3)22(4)17-29(27)33/h17-20,25,30H,2,4,7-16,32H2,1,3,5-6H3. The first-order chi connectivity index (χ1) is 15.8. The van der Waals surface area contributed by atoms with Crippen LogP contribution in [0, 0.1) is 5.41 Å². The van der Waals surface area contributed by atoms with E-state index in [9.17, 15) is 0 Å². The highest BCUT2D eigenvalue weighted by Gasteiger charge is 2.50. The summed E-state index contributed by atoms with van der Waals surface area (Å²) in [6.45, 7) is 18.8. The van der Waals surface area contributed by atoms with Gasteiger partial charge in [-0.05, 0) is 103 Å². The average molecular weight is 445 g/mol. The predicted octanol–water partition coefficient (Wildman–Crippen LogP) is 7.66. The normalized spacial score (nSPS) is 22.9. The summed E-state index contributed by atoms with van der Waals surface area (Å²) in [6, 6.07) is 5.62. The average Bonchev–Trinajstić information content (AvgIpc) is 3.10. The van der Waals surface area contributed by atoms with Crippen LogP contribution in [-0.4, -0.2) is 17.5 Å². The van der Waals surface area contributed by atoms with E-state index in [1.807, 2.05) is 0 Å². The van der Waals surface area contributed by atoms with Gasteiger partial charge in [0.15, 0.2) is 0 Å². The summed E-state index contributed by atoms with van der Waals surface area (Å²) in [5.41, 5.74) is 16.8. The fourth-order valence-electron chi connectivity index (χ4n) is 6.50. The predicted molar refractivity (Wildman–Crippen MR) is 143 cm³/mol. The Morgan fingerprint density at radius 1 is 1.12 bits per heavy atom. The van der Waals surface area contributed by atoms with Crippen molar-refractivity contribution < 1.29 is 0 Å².